The van der Waals surface area contributed by atoms with Gasteiger partial charge in [-0.05, 0) is 48.0 Å². The van der Waals surface area contributed by atoms with Crippen molar-refractivity contribution in [3.8, 4) is 11.5 Å². The van der Waals surface area contributed by atoms with Gasteiger partial charge in [0.1, 0.15) is 11.5 Å². The van der Waals surface area contributed by atoms with Crippen molar-refractivity contribution < 1.29 is 22.6 Å². The zero-order valence-corrected chi connectivity index (χ0v) is 14.8. The minimum Gasteiger partial charge on any atom is -0.496 e. The quantitative estimate of drug-likeness (QED) is 0.541. The molecule has 0 bridgehead atoms. The Morgan fingerprint density at radius 1 is 1.00 bits per heavy atom. The van der Waals surface area contributed by atoms with Crippen LogP contribution in [0.3, 0.4) is 0 Å². The second kappa shape index (κ2) is 9.01. The first-order chi connectivity index (χ1) is 11.9. The average Bonchev–Trinajstić information content (AvgIpc) is 2.58. The van der Waals surface area contributed by atoms with Gasteiger partial charge in [-0.2, -0.15) is 13.2 Å². The summed E-state index contributed by atoms with van der Waals surface area (Å²) in [6.45, 7) is 1.39. The second-order valence-corrected chi connectivity index (χ2v) is 6.38. The number of ether oxygens (including phenoxy) is 2. The summed E-state index contributed by atoms with van der Waals surface area (Å²) in [6, 6.07) is 12.9. The molecule has 0 atom stereocenters. The smallest absolute Gasteiger partial charge is 0.446 e. The van der Waals surface area contributed by atoms with Gasteiger partial charge in [-0.3, -0.25) is 0 Å². The third-order valence-electron chi connectivity index (χ3n) is 3.54. The molecule has 0 spiro atoms. The number of thioether (sulfide) groups is 1. The Bertz CT molecular complexity index is 678. The summed E-state index contributed by atoms with van der Waals surface area (Å²) in [5.41, 5.74) is -2.41. The monoisotopic (exact) mass is 371 g/mol. The lowest BCUT2D eigenvalue weighted by Crippen LogP contribution is -2.17. The molecular formula is C18H20F3NO2S. The molecule has 3 nitrogen and oxygen atoms in total. The van der Waals surface area contributed by atoms with Gasteiger partial charge in [-0.15, -0.1) is 0 Å². The van der Waals surface area contributed by atoms with E-state index in [4.69, 9.17) is 9.47 Å². The average molecular weight is 371 g/mol. The highest BCUT2D eigenvalue weighted by atomic mass is 32.2. The third kappa shape index (κ3) is 6.17. The predicted molar refractivity (Wildman–Crippen MR) is 93.3 cm³/mol. The van der Waals surface area contributed by atoms with E-state index in [1.54, 1.807) is 6.07 Å². The molecule has 25 heavy (non-hydrogen) atoms. The molecule has 0 aliphatic rings. The Labute approximate surface area is 149 Å². The lowest BCUT2D eigenvalue weighted by atomic mass is 10.1. The van der Waals surface area contributed by atoms with Crippen LogP contribution in [0.2, 0.25) is 0 Å². The van der Waals surface area contributed by atoms with Crippen LogP contribution in [-0.4, -0.2) is 26.3 Å². The SMILES string of the molecule is COc1cc(SC(F)(F)F)c(OC)cc1CCNCc1ccccc1. The van der Waals surface area contributed by atoms with Crippen molar-refractivity contribution in [3.63, 3.8) is 0 Å². The first-order valence-electron chi connectivity index (χ1n) is 7.68. The molecule has 0 amide bonds. The van der Waals surface area contributed by atoms with Crippen LogP contribution in [0.5, 0.6) is 11.5 Å². The fourth-order valence-corrected chi connectivity index (χ4v) is 3.04. The van der Waals surface area contributed by atoms with E-state index >= 15 is 0 Å². The van der Waals surface area contributed by atoms with E-state index in [0.717, 1.165) is 12.1 Å². The van der Waals surface area contributed by atoms with Gasteiger partial charge in [0.05, 0.1) is 19.1 Å². The zero-order chi connectivity index (χ0) is 18.3. The Balaban J connectivity index is 2.04. The van der Waals surface area contributed by atoms with E-state index in [1.165, 1.54) is 25.8 Å². The highest BCUT2D eigenvalue weighted by Crippen LogP contribution is 2.44. The van der Waals surface area contributed by atoms with Gasteiger partial charge in [0.25, 0.3) is 0 Å². The van der Waals surface area contributed by atoms with Crippen LogP contribution in [0.4, 0.5) is 13.2 Å². The number of hydrogen-bond acceptors (Lipinski definition) is 4. The Hall–Kier alpha value is -1.86. The standard InChI is InChI=1S/C18H20F3NO2S/c1-23-15-11-17(25-18(19,20)21)16(24-2)10-14(15)8-9-22-12-13-6-4-3-5-7-13/h3-7,10-11,22H,8-9,12H2,1-2H3. The molecule has 0 saturated heterocycles. The van der Waals surface area contributed by atoms with E-state index in [2.05, 4.69) is 5.32 Å². The molecule has 0 aliphatic carbocycles. The normalized spacial score (nSPS) is 11.4. The second-order valence-electron chi connectivity index (χ2n) is 5.28. The van der Waals surface area contributed by atoms with E-state index in [0.29, 0.717) is 18.7 Å². The van der Waals surface area contributed by atoms with Gasteiger partial charge in [0.2, 0.25) is 0 Å². The van der Waals surface area contributed by atoms with Gasteiger partial charge in [-0.1, -0.05) is 30.3 Å². The van der Waals surface area contributed by atoms with Crippen molar-refractivity contribution in [1.29, 1.82) is 0 Å². The number of benzene rings is 2. The Morgan fingerprint density at radius 3 is 2.28 bits per heavy atom. The molecule has 0 aliphatic heterocycles. The molecule has 0 radical (unpaired) electrons. The topological polar surface area (TPSA) is 30.5 Å². The number of alkyl halides is 3. The molecule has 0 unspecified atom stereocenters. The molecular weight excluding hydrogens is 351 g/mol. The van der Waals surface area contributed by atoms with Crippen LogP contribution in [0.15, 0.2) is 47.4 Å². The maximum Gasteiger partial charge on any atom is 0.446 e. The summed E-state index contributed by atoms with van der Waals surface area (Å²) in [5.74, 6) is 0.621. The molecule has 0 fully saturated rings. The maximum absolute atomic E-state index is 12.7. The Morgan fingerprint density at radius 2 is 1.68 bits per heavy atom. The van der Waals surface area contributed by atoms with E-state index in [9.17, 15) is 13.2 Å². The van der Waals surface area contributed by atoms with Gasteiger partial charge >= 0.3 is 5.51 Å². The van der Waals surface area contributed by atoms with Gasteiger partial charge in [-0.25, -0.2) is 0 Å². The largest absolute Gasteiger partial charge is 0.496 e. The van der Waals surface area contributed by atoms with E-state index in [-0.39, 0.29) is 22.4 Å². The molecule has 7 heteroatoms. The highest BCUT2D eigenvalue weighted by Gasteiger charge is 2.31. The summed E-state index contributed by atoms with van der Waals surface area (Å²) in [5, 5.41) is 3.31. The van der Waals surface area contributed by atoms with Crippen LogP contribution in [0.1, 0.15) is 11.1 Å². The minimum absolute atomic E-state index is 0.00663. The lowest BCUT2D eigenvalue weighted by molar-refractivity contribution is -0.0328. The highest BCUT2D eigenvalue weighted by molar-refractivity contribution is 8.00. The predicted octanol–water partition coefficient (Wildman–Crippen LogP) is 4.65. The van der Waals surface area contributed by atoms with Crippen molar-refractivity contribution in [3.05, 3.63) is 53.6 Å². The molecule has 2 aromatic carbocycles. The Kier molecular flexibility index (Phi) is 7.01. The molecule has 0 heterocycles. The number of halogens is 3. The summed E-state index contributed by atoms with van der Waals surface area (Å²) in [7, 11) is 2.81. The third-order valence-corrected chi connectivity index (χ3v) is 4.31. The zero-order valence-electron chi connectivity index (χ0n) is 14.0. The van der Waals surface area contributed by atoms with Crippen LogP contribution < -0.4 is 14.8 Å². The first-order valence-corrected chi connectivity index (χ1v) is 8.50. The maximum atomic E-state index is 12.7. The molecule has 0 aromatic heterocycles. The first kappa shape index (κ1) is 19.5. The van der Waals surface area contributed by atoms with Crippen LogP contribution in [-0.2, 0) is 13.0 Å². The molecule has 1 N–H and O–H groups in total. The number of nitrogens with one attached hydrogen (secondary N) is 1. The van der Waals surface area contributed by atoms with Crippen molar-refractivity contribution in [1.82, 2.24) is 5.32 Å². The van der Waals surface area contributed by atoms with Crippen LogP contribution in [0, 0.1) is 0 Å². The number of hydrogen-bond donors (Lipinski definition) is 1. The number of rotatable bonds is 8. The van der Waals surface area contributed by atoms with Crippen molar-refractivity contribution in [2.45, 2.75) is 23.4 Å². The van der Waals surface area contributed by atoms with Gasteiger partial charge in [0, 0.05) is 6.54 Å². The van der Waals surface area contributed by atoms with Crippen molar-refractivity contribution >= 4 is 11.8 Å². The molecule has 136 valence electrons. The van der Waals surface area contributed by atoms with Crippen LogP contribution in [0.25, 0.3) is 0 Å². The summed E-state index contributed by atoms with van der Waals surface area (Å²) in [6.07, 6.45) is 0.614. The number of methoxy groups -OCH3 is 2. The molecule has 2 aromatic rings. The lowest BCUT2D eigenvalue weighted by Gasteiger charge is -2.15. The fraction of sp³-hybridized carbons (Fsp3) is 0.333. The fourth-order valence-electron chi connectivity index (χ4n) is 2.38. The van der Waals surface area contributed by atoms with Gasteiger partial charge < -0.3 is 14.8 Å². The van der Waals surface area contributed by atoms with E-state index < -0.39 is 5.51 Å². The minimum atomic E-state index is -4.38. The van der Waals surface area contributed by atoms with Crippen molar-refractivity contribution in [2.75, 3.05) is 20.8 Å². The van der Waals surface area contributed by atoms with E-state index in [1.807, 2.05) is 30.3 Å². The van der Waals surface area contributed by atoms with Crippen molar-refractivity contribution in [2.24, 2.45) is 0 Å². The van der Waals surface area contributed by atoms with Gasteiger partial charge in [0.15, 0.2) is 0 Å². The summed E-state index contributed by atoms with van der Waals surface area (Å²) in [4.78, 5) is -0.00663. The summed E-state index contributed by atoms with van der Waals surface area (Å²) >= 11 is -0.205. The van der Waals surface area contributed by atoms with Crippen LogP contribution >= 0.6 is 11.8 Å². The molecule has 0 saturated carbocycles. The molecule has 2 rings (SSSR count). The summed E-state index contributed by atoms with van der Waals surface area (Å²) < 4.78 is 48.3.